The van der Waals surface area contributed by atoms with E-state index in [-0.39, 0.29) is 24.1 Å². The topological polar surface area (TPSA) is 95.9 Å². The van der Waals surface area contributed by atoms with E-state index in [2.05, 4.69) is 5.32 Å². The fourth-order valence-electron chi connectivity index (χ4n) is 5.72. The highest BCUT2D eigenvalue weighted by Gasteiger charge is 2.81. The smallest absolute Gasteiger partial charge is 0.339 e. The Labute approximate surface area is 157 Å². The minimum atomic E-state index is -1.56. The molecule has 0 aromatic heterocycles. The first kappa shape index (κ1) is 18.3. The third-order valence-electron chi connectivity index (χ3n) is 6.99. The lowest BCUT2D eigenvalue weighted by atomic mass is 9.61. The van der Waals surface area contributed by atoms with Crippen LogP contribution in [0, 0.1) is 11.8 Å². The Bertz CT molecular complexity index is 660. The number of halogens is 1. The van der Waals surface area contributed by atoms with Crippen LogP contribution < -0.4 is 5.32 Å². The molecular weight excluding hydrogens is 358 g/mol. The quantitative estimate of drug-likeness (QED) is 0.379. The molecule has 0 bridgehead atoms. The maximum atomic E-state index is 12.6. The van der Waals surface area contributed by atoms with Gasteiger partial charge < -0.3 is 20.3 Å². The van der Waals surface area contributed by atoms with Crippen LogP contribution in [0.3, 0.4) is 0 Å². The molecule has 4 rings (SSSR count). The van der Waals surface area contributed by atoms with Gasteiger partial charge in [0.05, 0.1) is 18.6 Å². The number of hydrogen-bond acceptors (Lipinski definition) is 5. The highest BCUT2D eigenvalue weighted by Crippen LogP contribution is 2.55. The zero-order chi connectivity index (χ0) is 18.5. The second-order valence-electron chi connectivity index (χ2n) is 8.04. The molecular formula is C19H26ClNO5. The molecule has 6 nitrogen and oxygen atoms in total. The molecule has 144 valence electrons. The van der Waals surface area contributed by atoms with Gasteiger partial charge in [0.2, 0.25) is 11.4 Å². The normalized spacial score (nSPS) is 40.3. The number of aliphatic hydroxyl groups excluding tert-OH is 2. The Morgan fingerprint density at radius 1 is 1.23 bits per heavy atom. The van der Waals surface area contributed by atoms with Gasteiger partial charge in [-0.25, -0.2) is 4.79 Å². The summed E-state index contributed by atoms with van der Waals surface area (Å²) in [7, 11) is 0. The van der Waals surface area contributed by atoms with E-state index in [0.717, 1.165) is 38.5 Å². The lowest BCUT2D eigenvalue weighted by molar-refractivity contribution is -0.252. The molecule has 2 fully saturated rings. The summed E-state index contributed by atoms with van der Waals surface area (Å²) in [6.07, 6.45) is 6.26. The first-order valence-electron chi connectivity index (χ1n) is 9.63. The summed E-state index contributed by atoms with van der Waals surface area (Å²) in [4.78, 5) is 25.2. The van der Waals surface area contributed by atoms with Crippen LogP contribution in [-0.4, -0.2) is 51.8 Å². The van der Waals surface area contributed by atoms with Gasteiger partial charge in [0, 0.05) is 11.8 Å². The maximum Gasteiger partial charge on any atom is 0.339 e. The minimum Gasteiger partial charge on any atom is -0.451 e. The van der Waals surface area contributed by atoms with Gasteiger partial charge in [-0.3, -0.25) is 4.79 Å². The minimum absolute atomic E-state index is 0.173. The number of allylic oxidation sites excluding steroid dienone is 1. The number of fused-ring (bicyclic) bond motifs is 1. The molecule has 2 aliphatic heterocycles. The van der Waals surface area contributed by atoms with E-state index in [1.807, 2.05) is 0 Å². The summed E-state index contributed by atoms with van der Waals surface area (Å²) < 4.78 is 5.38. The van der Waals surface area contributed by atoms with Gasteiger partial charge in [0.15, 0.2) is 5.60 Å². The first-order valence-corrected chi connectivity index (χ1v) is 10.2. The zero-order valence-corrected chi connectivity index (χ0v) is 15.6. The Kier molecular flexibility index (Phi) is 4.56. The fourth-order valence-corrected chi connectivity index (χ4v) is 5.94. The van der Waals surface area contributed by atoms with Crippen molar-refractivity contribution >= 4 is 23.5 Å². The van der Waals surface area contributed by atoms with Crippen LogP contribution in [0.1, 0.15) is 51.4 Å². The third kappa shape index (κ3) is 2.18. The second kappa shape index (κ2) is 6.50. The number of ether oxygens (including phenoxy) is 1. The van der Waals surface area contributed by atoms with Gasteiger partial charge >= 0.3 is 5.97 Å². The number of amides is 1. The molecule has 2 aliphatic carbocycles. The Morgan fingerprint density at radius 3 is 2.65 bits per heavy atom. The van der Waals surface area contributed by atoms with Crippen molar-refractivity contribution in [1.82, 2.24) is 5.32 Å². The summed E-state index contributed by atoms with van der Waals surface area (Å²) in [5.74, 6) is -1.72. The van der Waals surface area contributed by atoms with Crippen molar-refractivity contribution in [2.75, 3.05) is 12.5 Å². The van der Waals surface area contributed by atoms with E-state index >= 15 is 0 Å². The van der Waals surface area contributed by atoms with Gasteiger partial charge in [-0.15, -0.1) is 11.6 Å². The molecule has 0 saturated carbocycles. The van der Waals surface area contributed by atoms with Crippen LogP contribution in [0.4, 0.5) is 0 Å². The number of aliphatic hydroxyl groups is 2. The number of nitrogens with one attached hydrogen (secondary N) is 1. The average Bonchev–Trinajstić information content (AvgIpc) is 2.86. The molecule has 2 saturated heterocycles. The third-order valence-corrected chi connectivity index (χ3v) is 7.21. The fraction of sp³-hybridized carbons (Fsp3) is 0.789. The molecule has 7 heteroatoms. The molecule has 4 aliphatic rings. The molecule has 0 aromatic carbocycles. The van der Waals surface area contributed by atoms with Crippen molar-refractivity contribution in [3.63, 3.8) is 0 Å². The molecule has 1 amide bonds. The number of carbonyl (C=O) groups excluding carboxylic acids is 2. The lowest BCUT2D eigenvalue weighted by Gasteiger charge is -2.56. The largest absolute Gasteiger partial charge is 0.451 e. The van der Waals surface area contributed by atoms with Crippen LogP contribution in [0.15, 0.2) is 11.1 Å². The summed E-state index contributed by atoms with van der Waals surface area (Å²) >= 11 is 5.83. The van der Waals surface area contributed by atoms with Gasteiger partial charge in [-0.1, -0.05) is 11.1 Å². The Morgan fingerprint density at radius 2 is 1.96 bits per heavy atom. The van der Waals surface area contributed by atoms with Gasteiger partial charge in [-0.2, -0.15) is 0 Å². The molecule has 2 heterocycles. The van der Waals surface area contributed by atoms with E-state index in [0.29, 0.717) is 0 Å². The number of alkyl halides is 1. The summed E-state index contributed by atoms with van der Waals surface area (Å²) in [5.41, 5.74) is -0.312. The molecule has 26 heavy (non-hydrogen) atoms. The van der Waals surface area contributed by atoms with Gasteiger partial charge in [0.25, 0.3) is 0 Å². The van der Waals surface area contributed by atoms with E-state index in [1.54, 1.807) is 0 Å². The highest BCUT2D eigenvalue weighted by atomic mass is 35.5. The summed E-state index contributed by atoms with van der Waals surface area (Å²) in [6.45, 7) is -0.505. The van der Waals surface area contributed by atoms with E-state index < -0.39 is 35.7 Å². The summed E-state index contributed by atoms with van der Waals surface area (Å²) in [5, 5.41) is 24.2. The van der Waals surface area contributed by atoms with E-state index in [1.165, 1.54) is 17.6 Å². The van der Waals surface area contributed by atoms with Crippen LogP contribution in [0.25, 0.3) is 0 Å². The molecule has 3 N–H and O–H groups in total. The Balaban J connectivity index is 1.73. The zero-order valence-electron chi connectivity index (χ0n) is 14.8. The molecule has 0 aromatic rings. The van der Waals surface area contributed by atoms with E-state index in [9.17, 15) is 19.8 Å². The lowest BCUT2D eigenvalue weighted by Crippen LogP contribution is -2.82. The van der Waals surface area contributed by atoms with Gasteiger partial charge in [-0.05, 0) is 51.4 Å². The SMILES string of the molecule is O=C1NC2([C@@H](O)C3CCCC4=C3CCCC4)C(=O)O[C@]2(CO)[C@H]1CCCl. The average molecular weight is 384 g/mol. The van der Waals surface area contributed by atoms with Crippen LogP contribution >= 0.6 is 11.6 Å². The predicted molar refractivity (Wildman–Crippen MR) is 94.5 cm³/mol. The molecule has 0 spiro atoms. The van der Waals surface area contributed by atoms with E-state index in [4.69, 9.17) is 16.3 Å². The van der Waals surface area contributed by atoms with Crippen molar-refractivity contribution in [1.29, 1.82) is 0 Å². The number of carbonyl (C=O) groups is 2. The Hall–Kier alpha value is -1.11. The van der Waals surface area contributed by atoms with Crippen molar-refractivity contribution in [2.45, 2.75) is 68.6 Å². The van der Waals surface area contributed by atoms with Gasteiger partial charge in [0.1, 0.15) is 0 Å². The van der Waals surface area contributed by atoms with Crippen LogP contribution in [0.2, 0.25) is 0 Å². The number of esters is 1. The van der Waals surface area contributed by atoms with Crippen molar-refractivity contribution in [3.8, 4) is 0 Å². The van der Waals surface area contributed by atoms with Crippen molar-refractivity contribution in [2.24, 2.45) is 11.8 Å². The molecule has 5 atom stereocenters. The molecule has 2 unspecified atom stereocenters. The monoisotopic (exact) mass is 383 g/mol. The maximum absolute atomic E-state index is 12.6. The summed E-state index contributed by atoms with van der Waals surface area (Å²) in [6, 6.07) is 0. The number of rotatable bonds is 5. The second-order valence-corrected chi connectivity index (χ2v) is 8.42. The molecule has 0 radical (unpaired) electrons. The standard InChI is InChI=1S/C19H26ClNO5/c20-9-8-14-16(24)21-19(17(25)26-18(14,19)10-22)15(23)13-7-3-5-11-4-1-2-6-12(11)13/h13-15,22-23H,1-10H2,(H,21,24)/t13?,14-,15-,18+,19?/m0/s1. The van der Waals surface area contributed by atoms with Crippen molar-refractivity contribution < 1.29 is 24.5 Å². The number of hydrogen-bond donors (Lipinski definition) is 3. The predicted octanol–water partition coefficient (Wildman–Crippen LogP) is 1.42. The highest BCUT2D eigenvalue weighted by molar-refractivity contribution is 6.18. The van der Waals surface area contributed by atoms with Crippen LogP contribution in [-0.2, 0) is 14.3 Å². The van der Waals surface area contributed by atoms with Crippen LogP contribution in [0.5, 0.6) is 0 Å². The first-order chi connectivity index (χ1) is 12.5. The van der Waals surface area contributed by atoms with Crippen molar-refractivity contribution in [3.05, 3.63) is 11.1 Å².